The van der Waals surface area contributed by atoms with Crippen LogP contribution in [0.3, 0.4) is 0 Å². The topological polar surface area (TPSA) is 59.8 Å². The lowest BCUT2D eigenvalue weighted by molar-refractivity contribution is -0.119. The summed E-state index contributed by atoms with van der Waals surface area (Å²) in [6.07, 6.45) is 2.39. The van der Waals surface area contributed by atoms with Crippen LogP contribution in [-0.2, 0) is 4.79 Å². The molecule has 0 bridgehead atoms. The number of carbonyl (C=O) groups is 1. The van der Waals surface area contributed by atoms with Crippen molar-refractivity contribution in [2.24, 2.45) is 0 Å². The highest BCUT2D eigenvalue weighted by Crippen LogP contribution is 2.39. The Morgan fingerprint density at radius 3 is 2.81 bits per heavy atom. The highest BCUT2D eigenvalue weighted by atomic mass is 32.2. The third kappa shape index (κ3) is 2.21. The van der Waals surface area contributed by atoms with Crippen LogP contribution in [0.4, 0.5) is 0 Å². The van der Waals surface area contributed by atoms with Gasteiger partial charge in [0.1, 0.15) is 5.82 Å². The van der Waals surface area contributed by atoms with E-state index in [-0.39, 0.29) is 11.2 Å². The molecular formula is C10H16N4OS. The van der Waals surface area contributed by atoms with Crippen molar-refractivity contribution in [3.8, 4) is 0 Å². The maximum Gasteiger partial charge on any atom is 0.233 e. The average molecular weight is 240 g/mol. The number of amides is 1. The summed E-state index contributed by atoms with van der Waals surface area (Å²) >= 11 is 1.47. The largest absolute Gasteiger partial charge is 0.358 e. The molecule has 6 heteroatoms. The summed E-state index contributed by atoms with van der Waals surface area (Å²) in [6.45, 7) is 3.84. The molecule has 0 spiro atoms. The molecule has 1 saturated carbocycles. The second-order valence-corrected chi connectivity index (χ2v) is 5.31. The Bertz CT molecular complexity index is 400. The number of nitrogens with zero attached hydrogens (tertiary/aromatic N) is 3. The Hall–Kier alpha value is -1.04. The van der Waals surface area contributed by atoms with Crippen molar-refractivity contribution >= 4 is 17.7 Å². The SMILES string of the molecule is CNC(=O)[C@H](C)Sc1nnc(C)n1C1CC1. The minimum atomic E-state index is -0.133. The first kappa shape index (κ1) is 11.4. The van der Waals surface area contributed by atoms with Gasteiger partial charge < -0.3 is 9.88 Å². The smallest absolute Gasteiger partial charge is 0.233 e. The minimum absolute atomic E-state index is 0.0213. The molecule has 1 aromatic rings. The van der Waals surface area contributed by atoms with E-state index in [1.54, 1.807) is 7.05 Å². The highest BCUT2D eigenvalue weighted by Gasteiger charge is 2.29. The molecule has 5 nitrogen and oxygen atoms in total. The van der Waals surface area contributed by atoms with Gasteiger partial charge in [-0.25, -0.2) is 0 Å². The molecule has 1 aliphatic carbocycles. The van der Waals surface area contributed by atoms with E-state index >= 15 is 0 Å². The van der Waals surface area contributed by atoms with E-state index in [1.165, 1.54) is 24.6 Å². The van der Waals surface area contributed by atoms with Gasteiger partial charge in [-0.2, -0.15) is 0 Å². The van der Waals surface area contributed by atoms with E-state index < -0.39 is 0 Å². The predicted molar refractivity (Wildman–Crippen MR) is 62.4 cm³/mol. The Kier molecular flexibility index (Phi) is 3.18. The molecule has 1 fully saturated rings. The Balaban J connectivity index is 2.12. The van der Waals surface area contributed by atoms with Crippen molar-refractivity contribution in [3.63, 3.8) is 0 Å². The van der Waals surface area contributed by atoms with Crippen LogP contribution in [0.15, 0.2) is 5.16 Å². The van der Waals surface area contributed by atoms with Crippen molar-refractivity contribution in [1.82, 2.24) is 20.1 Å². The van der Waals surface area contributed by atoms with E-state index in [1.807, 2.05) is 13.8 Å². The van der Waals surface area contributed by atoms with Crippen LogP contribution in [-0.4, -0.2) is 33.0 Å². The molecule has 16 heavy (non-hydrogen) atoms. The van der Waals surface area contributed by atoms with Gasteiger partial charge in [-0.3, -0.25) is 4.79 Å². The van der Waals surface area contributed by atoms with E-state index in [4.69, 9.17) is 0 Å². The Morgan fingerprint density at radius 1 is 1.56 bits per heavy atom. The molecule has 2 rings (SSSR count). The van der Waals surface area contributed by atoms with Crippen LogP contribution in [0, 0.1) is 6.92 Å². The number of aromatic nitrogens is 3. The summed E-state index contributed by atoms with van der Waals surface area (Å²) in [5.74, 6) is 0.960. The Morgan fingerprint density at radius 2 is 2.25 bits per heavy atom. The maximum atomic E-state index is 11.4. The van der Waals surface area contributed by atoms with Gasteiger partial charge in [0.15, 0.2) is 5.16 Å². The standard InChI is InChI=1S/C10H16N4OS/c1-6(9(15)11-3)16-10-13-12-7(2)14(10)8-4-5-8/h6,8H,4-5H2,1-3H3,(H,11,15)/t6-/m0/s1. The summed E-state index contributed by atoms with van der Waals surface area (Å²) < 4.78 is 2.14. The third-order valence-electron chi connectivity index (χ3n) is 2.64. The zero-order chi connectivity index (χ0) is 11.7. The van der Waals surface area contributed by atoms with E-state index in [9.17, 15) is 4.79 Å². The van der Waals surface area contributed by atoms with Crippen molar-refractivity contribution in [2.75, 3.05) is 7.05 Å². The summed E-state index contributed by atoms with van der Waals surface area (Å²) in [6, 6.07) is 0.550. The molecule has 1 N–H and O–H groups in total. The van der Waals surface area contributed by atoms with Gasteiger partial charge in [0.2, 0.25) is 5.91 Å². The molecule has 88 valence electrons. The fourth-order valence-electron chi connectivity index (χ4n) is 1.60. The first-order valence-electron chi connectivity index (χ1n) is 5.43. The normalized spacial score (nSPS) is 17.2. The van der Waals surface area contributed by atoms with Crippen LogP contribution in [0.2, 0.25) is 0 Å². The molecule has 1 atom stereocenters. The number of hydrogen-bond acceptors (Lipinski definition) is 4. The first-order valence-corrected chi connectivity index (χ1v) is 6.31. The fraction of sp³-hybridized carbons (Fsp3) is 0.700. The van der Waals surface area contributed by atoms with Crippen LogP contribution in [0.1, 0.15) is 31.6 Å². The molecule has 0 aliphatic heterocycles. The number of hydrogen-bond donors (Lipinski definition) is 1. The molecule has 1 aromatic heterocycles. The lowest BCUT2D eigenvalue weighted by Gasteiger charge is -2.10. The maximum absolute atomic E-state index is 11.4. The van der Waals surface area contributed by atoms with Gasteiger partial charge in [0.25, 0.3) is 0 Å². The third-order valence-corrected chi connectivity index (χ3v) is 3.70. The second-order valence-electron chi connectivity index (χ2n) is 4.01. The quantitative estimate of drug-likeness (QED) is 0.802. The lowest BCUT2D eigenvalue weighted by Crippen LogP contribution is -2.27. The van der Waals surface area contributed by atoms with E-state index in [2.05, 4.69) is 20.1 Å². The summed E-state index contributed by atoms with van der Waals surface area (Å²) in [5.41, 5.74) is 0. The number of rotatable bonds is 4. The van der Waals surface area contributed by atoms with E-state index in [0.29, 0.717) is 6.04 Å². The van der Waals surface area contributed by atoms with Gasteiger partial charge in [-0.05, 0) is 26.7 Å². The van der Waals surface area contributed by atoms with Crippen molar-refractivity contribution in [2.45, 2.75) is 43.1 Å². The molecule has 0 unspecified atom stereocenters. The number of carbonyl (C=O) groups excluding carboxylic acids is 1. The number of nitrogens with one attached hydrogen (secondary N) is 1. The molecule has 1 amide bonds. The van der Waals surface area contributed by atoms with Gasteiger partial charge >= 0.3 is 0 Å². The Labute approximate surface area is 99.0 Å². The fourth-order valence-corrected chi connectivity index (χ4v) is 2.62. The predicted octanol–water partition coefficient (Wildman–Crippen LogP) is 1.15. The highest BCUT2D eigenvalue weighted by molar-refractivity contribution is 8.00. The average Bonchev–Trinajstić information content (AvgIpc) is 3.04. The van der Waals surface area contributed by atoms with Gasteiger partial charge in [-0.15, -0.1) is 10.2 Å². The van der Waals surface area contributed by atoms with Crippen molar-refractivity contribution in [3.05, 3.63) is 5.82 Å². The lowest BCUT2D eigenvalue weighted by atomic mass is 10.4. The van der Waals surface area contributed by atoms with Crippen LogP contribution in [0.5, 0.6) is 0 Å². The molecule has 0 aromatic carbocycles. The first-order chi connectivity index (χ1) is 7.63. The van der Waals surface area contributed by atoms with Crippen LogP contribution in [0.25, 0.3) is 0 Å². The molecule has 1 heterocycles. The zero-order valence-corrected chi connectivity index (χ0v) is 10.5. The monoisotopic (exact) mass is 240 g/mol. The number of thioether (sulfide) groups is 1. The summed E-state index contributed by atoms with van der Waals surface area (Å²) in [7, 11) is 1.65. The second kappa shape index (κ2) is 4.45. The van der Waals surface area contributed by atoms with E-state index in [0.717, 1.165) is 11.0 Å². The van der Waals surface area contributed by atoms with Crippen molar-refractivity contribution < 1.29 is 4.79 Å². The van der Waals surface area contributed by atoms with Crippen LogP contribution < -0.4 is 5.32 Å². The zero-order valence-electron chi connectivity index (χ0n) is 9.73. The van der Waals surface area contributed by atoms with Gasteiger partial charge in [-0.1, -0.05) is 11.8 Å². The number of aryl methyl sites for hydroxylation is 1. The molecule has 0 radical (unpaired) electrons. The summed E-state index contributed by atoms with van der Waals surface area (Å²) in [4.78, 5) is 11.4. The minimum Gasteiger partial charge on any atom is -0.358 e. The van der Waals surface area contributed by atoms with Crippen LogP contribution >= 0.6 is 11.8 Å². The molecule has 1 aliphatic rings. The molecule has 0 saturated heterocycles. The molecular weight excluding hydrogens is 224 g/mol. The van der Waals surface area contributed by atoms with Gasteiger partial charge in [0.05, 0.1) is 5.25 Å². The van der Waals surface area contributed by atoms with Crippen molar-refractivity contribution in [1.29, 1.82) is 0 Å². The van der Waals surface area contributed by atoms with Gasteiger partial charge in [0, 0.05) is 13.1 Å². The summed E-state index contributed by atoms with van der Waals surface area (Å²) in [5, 5.41) is 11.6.